The van der Waals surface area contributed by atoms with Crippen molar-refractivity contribution in [2.24, 2.45) is 0 Å². The first-order valence-electron chi connectivity index (χ1n) is 7.81. The fourth-order valence-electron chi connectivity index (χ4n) is 2.42. The van der Waals surface area contributed by atoms with Gasteiger partial charge in [-0.05, 0) is 42.5 Å². The maximum absolute atomic E-state index is 13.7. The Bertz CT molecular complexity index is 927. The van der Waals surface area contributed by atoms with Crippen molar-refractivity contribution >= 4 is 40.6 Å². The number of carbonyl (C=O) groups excluding carboxylic acids is 3. The van der Waals surface area contributed by atoms with Crippen LogP contribution in [-0.4, -0.2) is 28.5 Å². The molecule has 2 aromatic carbocycles. The van der Waals surface area contributed by atoms with Gasteiger partial charge in [-0.2, -0.15) is 0 Å². The van der Waals surface area contributed by atoms with Crippen molar-refractivity contribution in [3.8, 4) is 0 Å². The van der Waals surface area contributed by atoms with Crippen molar-refractivity contribution in [3.63, 3.8) is 0 Å². The number of hydrogen-bond acceptors (Lipinski definition) is 4. The Morgan fingerprint density at radius 3 is 2.58 bits per heavy atom. The topological polar surface area (TPSA) is 66.5 Å². The Morgan fingerprint density at radius 1 is 1.15 bits per heavy atom. The zero-order valence-corrected chi connectivity index (χ0v) is 14.7. The van der Waals surface area contributed by atoms with E-state index in [1.165, 1.54) is 24.3 Å². The third kappa shape index (κ3) is 3.83. The van der Waals surface area contributed by atoms with Crippen molar-refractivity contribution in [1.82, 2.24) is 4.90 Å². The molecule has 1 heterocycles. The molecule has 3 amide bonds. The van der Waals surface area contributed by atoms with Crippen LogP contribution in [0.1, 0.15) is 11.1 Å². The molecule has 0 atom stereocenters. The highest BCUT2D eigenvalue weighted by molar-refractivity contribution is 8.18. The number of anilines is 1. The van der Waals surface area contributed by atoms with Crippen molar-refractivity contribution < 1.29 is 18.8 Å². The summed E-state index contributed by atoms with van der Waals surface area (Å²) in [6.45, 7) is 1.44. The monoisotopic (exact) mass is 370 g/mol. The second kappa shape index (κ2) is 7.53. The number of benzene rings is 2. The third-order valence-electron chi connectivity index (χ3n) is 3.79. The minimum absolute atomic E-state index is 0.0868. The van der Waals surface area contributed by atoms with E-state index < -0.39 is 29.4 Å². The number of amides is 3. The Balaban J connectivity index is 1.72. The van der Waals surface area contributed by atoms with E-state index in [1.54, 1.807) is 18.2 Å². The highest BCUT2D eigenvalue weighted by atomic mass is 32.2. The SMILES string of the molecule is Cc1ccccc1NC(=O)CN1C(=O)S/C(=C/c2ccccc2F)C1=O. The maximum atomic E-state index is 13.7. The minimum atomic E-state index is -0.608. The van der Waals surface area contributed by atoms with Gasteiger partial charge in [-0.3, -0.25) is 19.3 Å². The fraction of sp³-hybridized carbons (Fsp3) is 0.105. The zero-order chi connectivity index (χ0) is 18.7. The summed E-state index contributed by atoms with van der Waals surface area (Å²) in [5.41, 5.74) is 1.70. The van der Waals surface area contributed by atoms with E-state index in [-0.39, 0.29) is 10.5 Å². The Hall–Kier alpha value is -2.93. The van der Waals surface area contributed by atoms with Gasteiger partial charge in [0, 0.05) is 11.3 Å². The molecule has 0 aliphatic carbocycles. The van der Waals surface area contributed by atoms with Gasteiger partial charge in [0.15, 0.2) is 0 Å². The van der Waals surface area contributed by atoms with Crippen molar-refractivity contribution in [2.45, 2.75) is 6.92 Å². The molecule has 0 radical (unpaired) electrons. The molecular weight excluding hydrogens is 355 g/mol. The normalized spacial score (nSPS) is 15.6. The highest BCUT2D eigenvalue weighted by Gasteiger charge is 2.36. The Labute approximate surface area is 153 Å². The first kappa shape index (κ1) is 17.9. The van der Waals surface area contributed by atoms with Crippen LogP contribution in [0, 0.1) is 12.7 Å². The van der Waals surface area contributed by atoms with Gasteiger partial charge in [0.1, 0.15) is 12.4 Å². The summed E-state index contributed by atoms with van der Waals surface area (Å²) >= 11 is 0.689. The van der Waals surface area contributed by atoms with Gasteiger partial charge in [-0.25, -0.2) is 4.39 Å². The summed E-state index contributed by atoms with van der Waals surface area (Å²) in [6, 6.07) is 13.1. The summed E-state index contributed by atoms with van der Waals surface area (Å²) in [7, 11) is 0. The van der Waals surface area contributed by atoms with E-state index in [0.717, 1.165) is 10.5 Å². The van der Waals surface area contributed by atoms with E-state index in [0.29, 0.717) is 17.4 Å². The van der Waals surface area contributed by atoms with Gasteiger partial charge in [-0.15, -0.1) is 0 Å². The molecule has 0 unspecified atom stereocenters. The number of carbonyl (C=O) groups is 3. The van der Waals surface area contributed by atoms with E-state index >= 15 is 0 Å². The van der Waals surface area contributed by atoms with Gasteiger partial charge < -0.3 is 5.32 Å². The van der Waals surface area contributed by atoms with Crippen LogP contribution in [-0.2, 0) is 9.59 Å². The van der Waals surface area contributed by atoms with Crippen LogP contribution < -0.4 is 5.32 Å². The van der Waals surface area contributed by atoms with Gasteiger partial charge >= 0.3 is 0 Å². The first-order chi connectivity index (χ1) is 12.5. The number of imide groups is 1. The van der Waals surface area contributed by atoms with Crippen LogP contribution in [0.4, 0.5) is 14.9 Å². The summed E-state index contributed by atoms with van der Waals surface area (Å²) < 4.78 is 13.7. The standard InChI is InChI=1S/C19H15FN2O3S/c1-12-6-2-5-9-15(12)21-17(23)11-22-18(24)16(26-19(22)25)10-13-7-3-4-8-14(13)20/h2-10H,11H2,1H3,(H,21,23)/b16-10+. The largest absolute Gasteiger partial charge is 0.324 e. The van der Waals surface area contributed by atoms with Crippen LogP contribution in [0.5, 0.6) is 0 Å². The number of para-hydroxylation sites is 1. The molecule has 0 bridgehead atoms. The predicted octanol–water partition coefficient (Wildman–Crippen LogP) is 3.81. The molecule has 0 spiro atoms. The molecule has 0 aromatic heterocycles. The Kier molecular flexibility index (Phi) is 5.18. The van der Waals surface area contributed by atoms with Crippen LogP contribution in [0.2, 0.25) is 0 Å². The molecular formula is C19H15FN2O3S. The van der Waals surface area contributed by atoms with Gasteiger partial charge in [0.25, 0.3) is 11.1 Å². The van der Waals surface area contributed by atoms with Crippen LogP contribution in [0.25, 0.3) is 6.08 Å². The molecule has 7 heteroatoms. The number of nitrogens with one attached hydrogen (secondary N) is 1. The summed E-state index contributed by atoms with van der Waals surface area (Å²) in [5, 5.41) is 2.12. The number of halogens is 1. The fourth-order valence-corrected chi connectivity index (χ4v) is 3.25. The number of thioether (sulfide) groups is 1. The smallest absolute Gasteiger partial charge is 0.294 e. The number of rotatable bonds is 4. The molecule has 132 valence electrons. The zero-order valence-electron chi connectivity index (χ0n) is 13.9. The molecule has 26 heavy (non-hydrogen) atoms. The molecule has 1 saturated heterocycles. The number of nitrogens with zero attached hydrogens (tertiary/aromatic N) is 1. The lowest BCUT2D eigenvalue weighted by molar-refractivity contribution is -0.127. The second-order valence-corrected chi connectivity index (χ2v) is 6.65. The van der Waals surface area contributed by atoms with E-state index in [1.807, 2.05) is 19.1 Å². The number of aryl methyl sites for hydroxylation is 1. The first-order valence-corrected chi connectivity index (χ1v) is 8.63. The highest BCUT2D eigenvalue weighted by Crippen LogP contribution is 2.32. The van der Waals surface area contributed by atoms with Crippen molar-refractivity contribution in [3.05, 3.63) is 70.4 Å². The van der Waals surface area contributed by atoms with Crippen LogP contribution in [0.15, 0.2) is 53.4 Å². The predicted molar refractivity (Wildman–Crippen MR) is 98.9 cm³/mol. The third-order valence-corrected chi connectivity index (χ3v) is 4.69. The van der Waals surface area contributed by atoms with Gasteiger partial charge in [0.05, 0.1) is 4.91 Å². The van der Waals surface area contributed by atoms with Crippen LogP contribution >= 0.6 is 11.8 Å². The molecule has 3 rings (SSSR count). The molecule has 2 aromatic rings. The van der Waals surface area contributed by atoms with E-state index in [9.17, 15) is 18.8 Å². The van der Waals surface area contributed by atoms with Crippen molar-refractivity contribution in [1.29, 1.82) is 0 Å². The van der Waals surface area contributed by atoms with E-state index in [2.05, 4.69) is 5.32 Å². The lowest BCUT2D eigenvalue weighted by atomic mass is 10.2. The Morgan fingerprint density at radius 2 is 1.85 bits per heavy atom. The van der Waals surface area contributed by atoms with E-state index in [4.69, 9.17) is 0 Å². The summed E-state index contributed by atoms with van der Waals surface area (Å²) in [4.78, 5) is 37.6. The molecule has 0 saturated carbocycles. The average molecular weight is 370 g/mol. The number of hydrogen-bond donors (Lipinski definition) is 1. The average Bonchev–Trinajstić information content (AvgIpc) is 2.86. The van der Waals surface area contributed by atoms with Gasteiger partial charge in [-0.1, -0.05) is 36.4 Å². The molecule has 5 nitrogen and oxygen atoms in total. The molecule has 1 aliphatic rings. The maximum Gasteiger partial charge on any atom is 0.294 e. The second-order valence-electron chi connectivity index (χ2n) is 5.65. The van der Waals surface area contributed by atoms with Crippen LogP contribution in [0.3, 0.4) is 0 Å². The molecule has 1 fully saturated rings. The van der Waals surface area contributed by atoms with Gasteiger partial charge in [0.2, 0.25) is 5.91 Å². The minimum Gasteiger partial charge on any atom is -0.324 e. The summed E-state index contributed by atoms with van der Waals surface area (Å²) in [6.07, 6.45) is 1.32. The summed E-state index contributed by atoms with van der Waals surface area (Å²) in [5.74, 6) is -1.58. The molecule has 1 N–H and O–H groups in total. The quantitative estimate of drug-likeness (QED) is 0.831. The molecule has 1 aliphatic heterocycles. The van der Waals surface area contributed by atoms with Crippen molar-refractivity contribution in [2.75, 3.05) is 11.9 Å². The lowest BCUT2D eigenvalue weighted by Crippen LogP contribution is -2.36. The lowest BCUT2D eigenvalue weighted by Gasteiger charge is -2.13.